The molecule has 1 amide bonds. The molecule has 0 spiro atoms. The molecule has 17 heavy (non-hydrogen) atoms. The summed E-state index contributed by atoms with van der Waals surface area (Å²) in [6, 6.07) is -0.392. The number of carbonyl (C=O) groups is 1. The van der Waals surface area contributed by atoms with E-state index in [1.54, 1.807) is 12.0 Å². The molecule has 1 aliphatic rings. The first kappa shape index (κ1) is 14.4. The number of carbonyl (C=O) groups excluding carboxylic acids is 1. The third-order valence-electron chi connectivity index (χ3n) is 2.85. The van der Waals surface area contributed by atoms with E-state index in [4.69, 9.17) is 15.2 Å². The molecule has 2 atom stereocenters. The Bertz CT molecular complexity index is 244. The van der Waals surface area contributed by atoms with Crippen LogP contribution in [0.1, 0.15) is 20.3 Å². The van der Waals surface area contributed by atoms with Gasteiger partial charge in [-0.05, 0) is 12.3 Å². The second kappa shape index (κ2) is 6.93. The van der Waals surface area contributed by atoms with Crippen molar-refractivity contribution in [1.29, 1.82) is 0 Å². The normalized spacial score (nSPS) is 22.9. The largest absolute Gasteiger partial charge is 0.382 e. The number of hydrogen-bond acceptors (Lipinski definition) is 4. The fourth-order valence-corrected chi connectivity index (χ4v) is 2.05. The molecule has 1 fully saturated rings. The molecule has 5 nitrogen and oxygen atoms in total. The van der Waals surface area contributed by atoms with Gasteiger partial charge in [-0.3, -0.25) is 4.79 Å². The van der Waals surface area contributed by atoms with Crippen molar-refractivity contribution >= 4 is 5.91 Å². The van der Waals surface area contributed by atoms with Crippen LogP contribution in [0.2, 0.25) is 0 Å². The summed E-state index contributed by atoms with van der Waals surface area (Å²) < 4.78 is 10.5. The standard InChI is InChI=1S/C12H24N2O3/c1-9(2)6-11(13)12(15)14-4-5-17-10(7-14)8-16-3/h9-11H,4-8,13H2,1-3H3/t10-,11+/m1/s1. The van der Waals surface area contributed by atoms with Crippen molar-refractivity contribution in [2.75, 3.05) is 33.4 Å². The third-order valence-corrected chi connectivity index (χ3v) is 2.85. The van der Waals surface area contributed by atoms with Gasteiger partial charge in [0, 0.05) is 20.2 Å². The molecule has 0 aromatic heterocycles. The van der Waals surface area contributed by atoms with Gasteiger partial charge in [0.2, 0.25) is 5.91 Å². The maximum atomic E-state index is 12.1. The van der Waals surface area contributed by atoms with Crippen molar-refractivity contribution in [3.8, 4) is 0 Å². The number of morpholine rings is 1. The molecule has 1 saturated heterocycles. The molecule has 0 saturated carbocycles. The van der Waals surface area contributed by atoms with Gasteiger partial charge >= 0.3 is 0 Å². The van der Waals surface area contributed by atoms with E-state index in [0.29, 0.717) is 32.2 Å². The lowest BCUT2D eigenvalue weighted by atomic mass is 10.0. The summed E-state index contributed by atoms with van der Waals surface area (Å²) in [5, 5.41) is 0. The second-order valence-electron chi connectivity index (χ2n) is 4.97. The molecular formula is C12H24N2O3. The van der Waals surface area contributed by atoms with Crippen molar-refractivity contribution in [2.45, 2.75) is 32.4 Å². The summed E-state index contributed by atoms with van der Waals surface area (Å²) in [5.41, 5.74) is 5.91. The molecule has 0 unspecified atom stereocenters. The summed E-state index contributed by atoms with van der Waals surface area (Å²) >= 11 is 0. The fraction of sp³-hybridized carbons (Fsp3) is 0.917. The van der Waals surface area contributed by atoms with Gasteiger partial charge in [-0.15, -0.1) is 0 Å². The first-order valence-corrected chi connectivity index (χ1v) is 6.19. The van der Waals surface area contributed by atoms with Crippen LogP contribution in [0.3, 0.4) is 0 Å². The highest BCUT2D eigenvalue weighted by atomic mass is 16.5. The van der Waals surface area contributed by atoms with E-state index in [2.05, 4.69) is 13.8 Å². The van der Waals surface area contributed by atoms with Gasteiger partial charge in [0.25, 0.3) is 0 Å². The van der Waals surface area contributed by atoms with Crippen LogP contribution < -0.4 is 5.73 Å². The monoisotopic (exact) mass is 244 g/mol. The topological polar surface area (TPSA) is 64.8 Å². The minimum atomic E-state index is -0.392. The summed E-state index contributed by atoms with van der Waals surface area (Å²) in [6.07, 6.45) is 0.703. The van der Waals surface area contributed by atoms with E-state index in [1.165, 1.54) is 0 Å². The molecule has 0 aromatic rings. The van der Waals surface area contributed by atoms with Gasteiger partial charge in [0.15, 0.2) is 0 Å². The van der Waals surface area contributed by atoms with Crippen LogP contribution in [0.15, 0.2) is 0 Å². The van der Waals surface area contributed by atoms with Crippen LogP contribution in [0.5, 0.6) is 0 Å². The van der Waals surface area contributed by atoms with Crippen LogP contribution in [0, 0.1) is 5.92 Å². The molecule has 100 valence electrons. The van der Waals surface area contributed by atoms with Gasteiger partial charge < -0.3 is 20.1 Å². The van der Waals surface area contributed by atoms with Crippen molar-refractivity contribution in [3.05, 3.63) is 0 Å². The minimum absolute atomic E-state index is 0.0241. The van der Waals surface area contributed by atoms with E-state index in [0.717, 1.165) is 6.42 Å². The smallest absolute Gasteiger partial charge is 0.239 e. The quantitative estimate of drug-likeness (QED) is 0.752. The molecule has 5 heteroatoms. The van der Waals surface area contributed by atoms with Crippen LogP contribution >= 0.6 is 0 Å². The third kappa shape index (κ3) is 4.61. The Morgan fingerprint density at radius 2 is 2.29 bits per heavy atom. The Morgan fingerprint density at radius 1 is 1.59 bits per heavy atom. The van der Waals surface area contributed by atoms with Gasteiger partial charge in [0.05, 0.1) is 25.4 Å². The molecule has 0 bridgehead atoms. The predicted octanol–water partition coefficient (Wildman–Crippen LogP) is 0.234. The lowest BCUT2D eigenvalue weighted by Gasteiger charge is -2.34. The number of hydrogen-bond donors (Lipinski definition) is 1. The molecular weight excluding hydrogens is 220 g/mol. The maximum Gasteiger partial charge on any atom is 0.239 e. The van der Waals surface area contributed by atoms with Crippen LogP contribution in [-0.4, -0.2) is 56.4 Å². The number of nitrogens with two attached hydrogens (primary N) is 1. The van der Waals surface area contributed by atoms with Gasteiger partial charge in [0.1, 0.15) is 0 Å². The van der Waals surface area contributed by atoms with E-state index in [-0.39, 0.29) is 12.0 Å². The molecule has 1 rings (SSSR count). The Hall–Kier alpha value is -0.650. The molecule has 2 N–H and O–H groups in total. The SMILES string of the molecule is COC[C@H]1CN(C(=O)[C@@H](N)CC(C)C)CCO1. The first-order valence-electron chi connectivity index (χ1n) is 6.19. The number of methoxy groups -OCH3 is 1. The zero-order chi connectivity index (χ0) is 12.8. The van der Waals surface area contributed by atoms with E-state index in [1.807, 2.05) is 0 Å². The first-order chi connectivity index (χ1) is 8.04. The molecule has 1 heterocycles. The average molecular weight is 244 g/mol. The van der Waals surface area contributed by atoms with Gasteiger partial charge in [-0.1, -0.05) is 13.8 Å². The van der Waals surface area contributed by atoms with Crippen molar-refractivity contribution in [3.63, 3.8) is 0 Å². The lowest BCUT2D eigenvalue weighted by molar-refractivity contribution is -0.142. The van der Waals surface area contributed by atoms with Gasteiger partial charge in [-0.2, -0.15) is 0 Å². The Kier molecular flexibility index (Phi) is 5.88. The van der Waals surface area contributed by atoms with Gasteiger partial charge in [-0.25, -0.2) is 0 Å². The van der Waals surface area contributed by atoms with E-state index < -0.39 is 6.04 Å². The number of nitrogens with zero attached hydrogens (tertiary/aromatic N) is 1. The molecule has 0 aliphatic carbocycles. The summed E-state index contributed by atoms with van der Waals surface area (Å²) in [6.45, 7) is 6.43. The zero-order valence-corrected chi connectivity index (χ0v) is 11.0. The Morgan fingerprint density at radius 3 is 2.88 bits per heavy atom. The number of amides is 1. The fourth-order valence-electron chi connectivity index (χ4n) is 2.05. The number of rotatable bonds is 5. The number of ether oxygens (including phenoxy) is 2. The van der Waals surface area contributed by atoms with Crippen LogP contribution in [0.4, 0.5) is 0 Å². The van der Waals surface area contributed by atoms with Crippen LogP contribution in [-0.2, 0) is 14.3 Å². The van der Waals surface area contributed by atoms with Crippen LogP contribution in [0.25, 0.3) is 0 Å². The molecule has 0 radical (unpaired) electrons. The van der Waals surface area contributed by atoms with Crippen molar-refractivity contribution < 1.29 is 14.3 Å². The maximum absolute atomic E-state index is 12.1. The predicted molar refractivity (Wildman–Crippen MR) is 65.6 cm³/mol. The highest BCUT2D eigenvalue weighted by Gasteiger charge is 2.27. The Labute approximate surface area is 103 Å². The summed E-state index contributed by atoms with van der Waals surface area (Å²) in [4.78, 5) is 13.9. The van der Waals surface area contributed by atoms with Crippen molar-refractivity contribution in [1.82, 2.24) is 4.90 Å². The van der Waals surface area contributed by atoms with E-state index >= 15 is 0 Å². The molecule has 0 aromatic carbocycles. The Balaban J connectivity index is 2.45. The second-order valence-corrected chi connectivity index (χ2v) is 4.97. The molecule has 1 aliphatic heterocycles. The minimum Gasteiger partial charge on any atom is -0.382 e. The average Bonchev–Trinajstić information content (AvgIpc) is 2.28. The lowest BCUT2D eigenvalue weighted by Crippen LogP contribution is -2.52. The summed E-state index contributed by atoms with van der Waals surface area (Å²) in [7, 11) is 1.63. The highest BCUT2D eigenvalue weighted by molar-refractivity contribution is 5.81. The van der Waals surface area contributed by atoms with E-state index in [9.17, 15) is 4.79 Å². The zero-order valence-electron chi connectivity index (χ0n) is 11.0. The summed E-state index contributed by atoms with van der Waals surface area (Å²) in [5.74, 6) is 0.466. The van der Waals surface area contributed by atoms with Crippen molar-refractivity contribution in [2.24, 2.45) is 11.7 Å². The highest BCUT2D eigenvalue weighted by Crippen LogP contribution is 2.10.